The van der Waals surface area contributed by atoms with E-state index in [0.29, 0.717) is 31.0 Å². The van der Waals surface area contributed by atoms with Crippen molar-refractivity contribution in [3.63, 3.8) is 0 Å². The molecule has 3 rings (SSSR count). The molecule has 9 nitrogen and oxygen atoms in total. The average molecular weight is 406 g/mol. The third-order valence-electron chi connectivity index (χ3n) is 4.50. The number of aryl methyl sites for hydroxylation is 1. The van der Waals surface area contributed by atoms with E-state index >= 15 is 0 Å². The molecule has 2 aromatic heterocycles. The minimum Gasteiger partial charge on any atom is -0.397 e. The molecule has 0 aliphatic carbocycles. The number of benzene rings is 1. The van der Waals surface area contributed by atoms with Gasteiger partial charge in [-0.15, -0.1) is 0 Å². The first kappa shape index (κ1) is 20.0. The molecule has 0 saturated carbocycles. The highest BCUT2D eigenvalue weighted by Gasteiger charge is 2.24. The summed E-state index contributed by atoms with van der Waals surface area (Å²) in [6.45, 7) is 6.95. The van der Waals surface area contributed by atoms with E-state index in [1.807, 2.05) is 11.5 Å². The minimum atomic E-state index is -3.61. The van der Waals surface area contributed by atoms with Gasteiger partial charge in [0.1, 0.15) is 4.92 Å². The summed E-state index contributed by atoms with van der Waals surface area (Å²) in [4.78, 5) is 15.0. The summed E-state index contributed by atoms with van der Waals surface area (Å²) < 4.78 is 34.2. The standard InChI is InChI=1S/C18H22N4O5S/c1-4-11-21-15-8-7-13(28(25,26)20(5-2)6-3)12-14(15)19-18(21)16-9-10-17(27-16)22(23)24/h7-10,12H,4-6,11H2,1-3H3. The van der Waals surface area contributed by atoms with Crippen LogP contribution in [0.3, 0.4) is 0 Å². The van der Waals surface area contributed by atoms with Gasteiger partial charge in [-0.05, 0) is 30.7 Å². The van der Waals surface area contributed by atoms with Crippen molar-refractivity contribution >= 4 is 26.9 Å². The molecule has 0 amide bonds. The molecule has 0 N–H and O–H groups in total. The van der Waals surface area contributed by atoms with Crippen LogP contribution in [0.15, 0.2) is 39.6 Å². The second kappa shape index (κ2) is 7.72. The second-order valence-electron chi connectivity index (χ2n) is 6.22. The fourth-order valence-corrected chi connectivity index (χ4v) is 4.65. The summed E-state index contributed by atoms with van der Waals surface area (Å²) in [7, 11) is -3.61. The zero-order chi connectivity index (χ0) is 20.5. The maximum Gasteiger partial charge on any atom is 0.433 e. The summed E-state index contributed by atoms with van der Waals surface area (Å²) in [5, 5.41) is 10.9. The predicted octanol–water partition coefficient (Wildman–Crippen LogP) is 3.65. The van der Waals surface area contributed by atoms with Crippen molar-refractivity contribution in [2.45, 2.75) is 38.6 Å². The maximum absolute atomic E-state index is 12.8. The van der Waals surface area contributed by atoms with Crippen LogP contribution in [0.1, 0.15) is 27.2 Å². The van der Waals surface area contributed by atoms with Crippen molar-refractivity contribution in [3.05, 3.63) is 40.4 Å². The molecule has 1 aromatic carbocycles. The number of hydrogen-bond donors (Lipinski definition) is 0. The third kappa shape index (κ3) is 3.40. The monoisotopic (exact) mass is 406 g/mol. The van der Waals surface area contributed by atoms with Gasteiger partial charge in [-0.3, -0.25) is 10.1 Å². The molecule has 0 aliphatic heterocycles. The van der Waals surface area contributed by atoms with Crippen LogP contribution in [0, 0.1) is 10.1 Å². The molecule has 0 bridgehead atoms. The van der Waals surface area contributed by atoms with Gasteiger partial charge in [-0.1, -0.05) is 20.8 Å². The van der Waals surface area contributed by atoms with Gasteiger partial charge >= 0.3 is 5.88 Å². The topological polar surface area (TPSA) is 111 Å². The number of hydrogen-bond acceptors (Lipinski definition) is 6. The summed E-state index contributed by atoms with van der Waals surface area (Å²) in [6, 6.07) is 7.60. The first-order chi connectivity index (χ1) is 13.3. The Morgan fingerprint density at radius 2 is 1.89 bits per heavy atom. The van der Waals surface area contributed by atoms with Gasteiger partial charge in [0.2, 0.25) is 10.0 Å². The molecule has 28 heavy (non-hydrogen) atoms. The number of imidazole rings is 1. The van der Waals surface area contributed by atoms with Gasteiger partial charge in [0.15, 0.2) is 11.6 Å². The molecule has 0 fully saturated rings. The second-order valence-corrected chi connectivity index (χ2v) is 8.16. The zero-order valence-electron chi connectivity index (χ0n) is 16.0. The van der Waals surface area contributed by atoms with Crippen LogP contribution in [-0.2, 0) is 16.6 Å². The van der Waals surface area contributed by atoms with Crippen LogP contribution < -0.4 is 0 Å². The number of fused-ring (bicyclic) bond motifs is 1. The van der Waals surface area contributed by atoms with Crippen LogP contribution in [0.25, 0.3) is 22.6 Å². The Balaban J connectivity index is 2.16. The summed E-state index contributed by atoms with van der Waals surface area (Å²) >= 11 is 0. The Morgan fingerprint density at radius 1 is 1.18 bits per heavy atom. The molecular weight excluding hydrogens is 384 g/mol. The van der Waals surface area contributed by atoms with Gasteiger partial charge < -0.3 is 8.98 Å². The van der Waals surface area contributed by atoms with Gasteiger partial charge in [0, 0.05) is 19.6 Å². The fourth-order valence-electron chi connectivity index (χ4n) is 3.17. The Labute approximate surface area is 162 Å². The average Bonchev–Trinajstić information content (AvgIpc) is 3.27. The first-order valence-corrected chi connectivity index (χ1v) is 10.5. The maximum atomic E-state index is 12.8. The van der Waals surface area contributed by atoms with Gasteiger partial charge in [-0.25, -0.2) is 13.4 Å². The summed E-state index contributed by atoms with van der Waals surface area (Å²) in [6.07, 6.45) is 0.806. The molecule has 0 unspecified atom stereocenters. The van der Waals surface area contributed by atoms with E-state index in [2.05, 4.69) is 4.98 Å². The summed E-state index contributed by atoms with van der Waals surface area (Å²) in [5.41, 5.74) is 1.24. The summed E-state index contributed by atoms with van der Waals surface area (Å²) in [5.74, 6) is 0.335. The van der Waals surface area contributed by atoms with E-state index in [0.717, 1.165) is 11.9 Å². The van der Waals surface area contributed by atoms with Crippen molar-refractivity contribution in [2.75, 3.05) is 13.1 Å². The Bertz CT molecular complexity index is 1110. The highest BCUT2D eigenvalue weighted by molar-refractivity contribution is 7.89. The molecule has 0 atom stereocenters. The van der Waals surface area contributed by atoms with E-state index in [-0.39, 0.29) is 16.5 Å². The smallest absolute Gasteiger partial charge is 0.397 e. The molecule has 0 spiro atoms. The van der Waals surface area contributed by atoms with Crippen molar-refractivity contribution in [1.82, 2.24) is 13.9 Å². The first-order valence-electron chi connectivity index (χ1n) is 9.08. The lowest BCUT2D eigenvalue weighted by Gasteiger charge is -2.18. The molecule has 0 saturated heterocycles. The Kier molecular flexibility index (Phi) is 5.52. The fraction of sp³-hybridized carbons (Fsp3) is 0.389. The van der Waals surface area contributed by atoms with Gasteiger partial charge in [0.05, 0.1) is 22.0 Å². The van der Waals surface area contributed by atoms with Gasteiger partial charge in [-0.2, -0.15) is 4.31 Å². The van der Waals surface area contributed by atoms with Crippen molar-refractivity contribution in [3.8, 4) is 11.6 Å². The lowest BCUT2D eigenvalue weighted by Crippen LogP contribution is -2.30. The van der Waals surface area contributed by atoms with E-state index < -0.39 is 14.9 Å². The normalized spacial score (nSPS) is 12.1. The Morgan fingerprint density at radius 3 is 2.46 bits per heavy atom. The number of nitro groups is 1. The lowest BCUT2D eigenvalue weighted by atomic mass is 10.3. The number of furan rings is 1. The van der Waals surface area contributed by atoms with Gasteiger partial charge in [0.25, 0.3) is 0 Å². The SMILES string of the molecule is CCCn1c(-c2ccc([N+](=O)[O-])o2)nc2cc(S(=O)(=O)N(CC)CC)ccc21. The van der Waals surface area contributed by atoms with Crippen LogP contribution in [0.2, 0.25) is 0 Å². The highest BCUT2D eigenvalue weighted by atomic mass is 32.2. The zero-order valence-corrected chi connectivity index (χ0v) is 16.8. The highest BCUT2D eigenvalue weighted by Crippen LogP contribution is 2.30. The number of sulfonamides is 1. The van der Waals surface area contributed by atoms with E-state index in [4.69, 9.17) is 4.42 Å². The van der Waals surface area contributed by atoms with Crippen molar-refractivity contribution < 1.29 is 17.8 Å². The van der Waals surface area contributed by atoms with E-state index in [9.17, 15) is 18.5 Å². The third-order valence-corrected chi connectivity index (χ3v) is 6.55. The number of rotatable bonds is 8. The van der Waals surface area contributed by atoms with Crippen molar-refractivity contribution in [1.29, 1.82) is 0 Å². The minimum absolute atomic E-state index is 0.168. The molecule has 0 radical (unpaired) electrons. The number of aromatic nitrogens is 2. The quantitative estimate of drug-likeness (QED) is 0.417. The molecule has 0 aliphatic rings. The molecule has 2 heterocycles. The number of nitrogens with zero attached hydrogens (tertiary/aromatic N) is 4. The lowest BCUT2D eigenvalue weighted by molar-refractivity contribution is -0.401. The largest absolute Gasteiger partial charge is 0.433 e. The van der Waals surface area contributed by atoms with Crippen LogP contribution in [0.5, 0.6) is 0 Å². The predicted molar refractivity (Wildman–Crippen MR) is 104 cm³/mol. The van der Waals surface area contributed by atoms with Crippen LogP contribution in [-0.4, -0.2) is 40.3 Å². The van der Waals surface area contributed by atoms with E-state index in [1.54, 1.807) is 26.0 Å². The molecule has 150 valence electrons. The van der Waals surface area contributed by atoms with Crippen LogP contribution in [0.4, 0.5) is 5.88 Å². The molecular formula is C18H22N4O5S. The van der Waals surface area contributed by atoms with Crippen molar-refractivity contribution in [2.24, 2.45) is 0 Å². The van der Waals surface area contributed by atoms with E-state index in [1.165, 1.54) is 22.5 Å². The Hall–Kier alpha value is -2.72. The molecule has 10 heteroatoms. The molecule has 3 aromatic rings. The van der Waals surface area contributed by atoms with Crippen LogP contribution >= 0.6 is 0 Å².